The number of carbonyl (C=O) groups is 1. The topological polar surface area (TPSA) is 41.1 Å². The zero-order valence-corrected chi connectivity index (χ0v) is 12.9. The number of benzene rings is 1. The van der Waals surface area contributed by atoms with Crippen molar-refractivity contribution in [3.8, 4) is 0 Å². The lowest BCUT2D eigenvalue weighted by Crippen LogP contribution is -2.38. The summed E-state index contributed by atoms with van der Waals surface area (Å²) in [7, 11) is 0. The number of hydrogen-bond donors (Lipinski definition) is 2. The van der Waals surface area contributed by atoms with Crippen LogP contribution in [0.15, 0.2) is 29.6 Å². The summed E-state index contributed by atoms with van der Waals surface area (Å²) in [5.74, 6) is 0.630. The summed E-state index contributed by atoms with van der Waals surface area (Å²) in [6.07, 6.45) is 2.42. The van der Waals surface area contributed by atoms with Crippen LogP contribution in [0, 0.1) is 5.92 Å². The number of thiophene rings is 1. The lowest BCUT2D eigenvalue weighted by molar-refractivity contribution is 0.0947. The first kappa shape index (κ1) is 15.3. The number of fused-ring (bicyclic) bond motifs is 1. The van der Waals surface area contributed by atoms with E-state index in [1.54, 1.807) is 11.3 Å². The molecule has 108 valence electrons. The van der Waals surface area contributed by atoms with Crippen molar-refractivity contribution in [1.29, 1.82) is 0 Å². The highest BCUT2D eigenvalue weighted by atomic mass is 35.5. The van der Waals surface area contributed by atoms with Gasteiger partial charge in [0.25, 0.3) is 5.91 Å². The Balaban J connectivity index is 0.00000147. The number of halogens is 1. The van der Waals surface area contributed by atoms with Crippen LogP contribution in [-0.4, -0.2) is 25.5 Å². The Kier molecular flexibility index (Phi) is 5.40. The van der Waals surface area contributed by atoms with Gasteiger partial charge in [0, 0.05) is 22.0 Å². The van der Waals surface area contributed by atoms with E-state index in [-0.39, 0.29) is 18.3 Å². The minimum atomic E-state index is 0. The summed E-state index contributed by atoms with van der Waals surface area (Å²) < 4.78 is 1.17. The van der Waals surface area contributed by atoms with Gasteiger partial charge in [-0.1, -0.05) is 18.2 Å². The molecule has 0 saturated carbocycles. The summed E-state index contributed by atoms with van der Waals surface area (Å²) in [4.78, 5) is 12.2. The molecule has 1 aliphatic heterocycles. The number of rotatable bonds is 3. The van der Waals surface area contributed by atoms with Crippen LogP contribution in [0.1, 0.15) is 23.2 Å². The third-order valence-corrected chi connectivity index (χ3v) is 4.64. The zero-order valence-electron chi connectivity index (χ0n) is 11.2. The lowest BCUT2D eigenvalue weighted by atomic mass is 9.99. The molecule has 1 amide bonds. The normalized spacial score (nSPS) is 18.5. The molecule has 1 aromatic carbocycles. The second-order valence-corrected chi connectivity index (χ2v) is 5.98. The SMILES string of the molecule is Cl.O=C(NCC1CCCNC1)c1csc2ccccc12. The van der Waals surface area contributed by atoms with E-state index in [2.05, 4.69) is 16.7 Å². The quantitative estimate of drug-likeness (QED) is 0.915. The van der Waals surface area contributed by atoms with Crippen molar-refractivity contribution in [3.05, 3.63) is 35.2 Å². The molecule has 1 aliphatic rings. The number of piperidine rings is 1. The van der Waals surface area contributed by atoms with Crippen molar-refractivity contribution >= 4 is 39.7 Å². The van der Waals surface area contributed by atoms with Crippen LogP contribution in [0.2, 0.25) is 0 Å². The van der Waals surface area contributed by atoms with E-state index in [4.69, 9.17) is 0 Å². The van der Waals surface area contributed by atoms with Gasteiger partial charge in [-0.05, 0) is 37.9 Å². The fourth-order valence-electron chi connectivity index (χ4n) is 2.58. The van der Waals surface area contributed by atoms with Crippen LogP contribution in [0.3, 0.4) is 0 Å². The van der Waals surface area contributed by atoms with Gasteiger partial charge in [0.05, 0.1) is 5.56 Å². The summed E-state index contributed by atoms with van der Waals surface area (Å²) in [5, 5.41) is 9.47. The fourth-order valence-corrected chi connectivity index (χ4v) is 3.53. The maximum atomic E-state index is 12.2. The van der Waals surface area contributed by atoms with Gasteiger partial charge in [0.1, 0.15) is 0 Å². The molecule has 1 fully saturated rings. The van der Waals surface area contributed by atoms with Gasteiger partial charge in [-0.25, -0.2) is 0 Å². The molecule has 2 N–H and O–H groups in total. The molecular formula is C15H19ClN2OS. The maximum Gasteiger partial charge on any atom is 0.252 e. The van der Waals surface area contributed by atoms with Crippen molar-refractivity contribution in [2.75, 3.05) is 19.6 Å². The lowest BCUT2D eigenvalue weighted by Gasteiger charge is -2.22. The van der Waals surface area contributed by atoms with Gasteiger partial charge < -0.3 is 10.6 Å². The highest BCUT2D eigenvalue weighted by Crippen LogP contribution is 2.25. The smallest absolute Gasteiger partial charge is 0.252 e. The Labute approximate surface area is 129 Å². The Morgan fingerprint density at radius 3 is 3.05 bits per heavy atom. The molecule has 1 saturated heterocycles. The number of carbonyl (C=O) groups excluding carboxylic acids is 1. The monoisotopic (exact) mass is 310 g/mol. The van der Waals surface area contributed by atoms with Crippen molar-refractivity contribution in [1.82, 2.24) is 10.6 Å². The average Bonchev–Trinajstić information content (AvgIpc) is 2.90. The van der Waals surface area contributed by atoms with E-state index >= 15 is 0 Å². The van der Waals surface area contributed by atoms with Crippen molar-refractivity contribution in [2.24, 2.45) is 5.92 Å². The maximum absolute atomic E-state index is 12.2. The van der Waals surface area contributed by atoms with Crippen LogP contribution < -0.4 is 10.6 Å². The molecule has 0 spiro atoms. The Bertz CT molecular complexity index is 578. The van der Waals surface area contributed by atoms with E-state index in [1.165, 1.54) is 17.5 Å². The molecule has 0 radical (unpaired) electrons. The van der Waals surface area contributed by atoms with Gasteiger partial charge in [-0.3, -0.25) is 4.79 Å². The third kappa shape index (κ3) is 3.32. The largest absolute Gasteiger partial charge is 0.352 e. The van der Waals surface area contributed by atoms with Crippen molar-refractivity contribution in [3.63, 3.8) is 0 Å². The fraction of sp³-hybridized carbons (Fsp3) is 0.400. The Hall–Kier alpha value is -1.10. The van der Waals surface area contributed by atoms with Crippen LogP contribution in [0.4, 0.5) is 0 Å². The molecule has 1 unspecified atom stereocenters. The van der Waals surface area contributed by atoms with E-state index in [9.17, 15) is 4.79 Å². The molecule has 2 aromatic rings. The molecule has 5 heteroatoms. The van der Waals surface area contributed by atoms with E-state index < -0.39 is 0 Å². The Morgan fingerprint density at radius 1 is 1.40 bits per heavy atom. The first-order chi connectivity index (χ1) is 9.34. The van der Waals surface area contributed by atoms with Crippen molar-refractivity contribution < 1.29 is 4.79 Å². The summed E-state index contributed by atoms with van der Waals surface area (Å²) in [6.45, 7) is 2.90. The van der Waals surface area contributed by atoms with E-state index in [0.29, 0.717) is 5.92 Å². The summed E-state index contributed by atoms with van der Waals surface area (Å²) >= 11 is 1.63. The third-order valence-electron chi connectivity index (χ3n) is 3.68. The first-order valence-corrected chi connectivity index (χ1v) is 7.68. The van der Waals surface area contributed by atoms with E-state index in [0.717, 1.165) is 30.6 Å². The highest BCUT2D eigenvalue weighted by molar-refractivity contribution is 7.17. The van der Waals surface area contributed by atoms with Crippen LogP contribution in [0.5, 0.6) is 0 Å². The first-order valence-electron chi connectivity index (χ1n) is 6.80. The van der Waals surface area contributed by atoms with Gasteiger partial charge in [-0.2, -0.15) is 0 Å². The molecule has 2 heterocycles. The van der Waals surface area contributed by atoms with Gasteiger partial charge in [-0.15, -0.1) is 23.7 Å². The van der Waals surface area contributed by atoms with Gasteiger partial charge >= 0.3 is 0 Å². The standard InChI is InChI=1S/C15H18N2OS.ClH/c18-15(17-9-11-4-3-7-16-8-11)13-10-19-14-6-2-1-5-12(13)14;/h1-2,5-6,10-11,16H,3-4,7-9H2,(H,17,18);1H. The molecule has 0 bridgehead atoms. The van der Waals surface area contributed by atoms with Crippen LogP contribution in [-0.2, 0) is 0 Å². The van der Waals surface area contributed by atoms with Gasteiger partial charge in [0.2, 0.25) is 0 Å². The highest BCUT2D eigenvalue weighted by Gasteiger charge is 2.16. The number of hydrogen-bond acceptors (Lipinski definition) is 3. The molecule has 3 nitrogen and oxygen atoms in total. The predicted molar refractivity (Wildman–Crippen MR) is 87.0 cm³/mol. The van der Waals surface area contributed by atoms with Crippen LogP contribution in [0.25, 0.3) is 10.1 Å². The molecule has 20 heavy (non-hydrogen) atoms. The number of nitrogens with one attached hydrogen (secondary N) is 2. The van der Waals surface area contributed by atoms with Crippen molar-refractivity contribution in [2.45, 2.75) is 12.8 Å². The molecule has 0 aliphatic carbocycles. The summed E-state index contributed by atoms with van der Waals surface area (Å²) in [5.41, 5.74) is 0.810. The summed E-state index contributed by atoms with van der Waals surface area (Å²) in [6, 6.07) is 8.07. The number of amides is 1. The minimum Gasteiger partial charge on any atom is -0.352 e. The molecular weight excluding hydrogens is 292 g/mol. The minimum absolute atomic E-state index is 0. The molecule has 1 atom stereocenters. The second kappa shape index (κ2) is 7.07. The van der Waals surface area contributed by atoms with E-state index in [1.807, 2.05) is 23.6 Å². The Morgan fingerprint density at radius 2 is 2.25 bits per heavy atom. The predicted octanol–water partition coefficient (Wildman–Crippen LogP) is 3.05. The molecule has 3 rings (SSSR count). The average molecular weight is 311 g/mol. The zero-order chi connectivity index (χ0) is 13.1. The molecule has 1 aromatic heterocycles. The van der Waals surface area contributed by atoms with Crippen LogP contribution >= 0.6 is 23.7 Å². The second-order valence-electron chi connectivity index (χ2n) is 5.07. The van der Waals surface area contributed by atoms with Gasteiger partial charge in [0.15, 0.2) is 0 Å².